The lowest BCUT2D eigenvalue weighted by molar-refractivity contribution is -0.422. The first-order valence-electron chi connectivity index (χ1n) is 4.12. The van der Waals surface area contributed by atoms with E-state index in [9.17, 15) is 29.8 Å². The molecule has 0 radical (unpaired) electrons. The highest BCUT2D eigenvalue weighted by Gasteiger charge is 2.33. The lowest BCUT2D eigenvalue weighted by Crippen LogP contribution is -2.05. The van der Waals surface area contributed by atoms with Crippen molar-refractivity contribution in [3.63, 3.8) is 0 Å². The largest absolute Gasteiger partial charge is 0.358 e. The Kier molecular flexibility index (Phi) is 3.94. The fraction of sp³-hybridized carbons (Fsp3) is 0. The monoisotopic (exact) mass is 292 g/mol. The van der Waals surface area contributed by atoms with Crippen LogP contribution in [0, 0.1) is 20.2 Å². The van der Waals surface area contributed by atoms with E-state index in [0.717, 1.165) is 6.07 Å². The quantitative estimate of drug-likeness (QED) is 0.477. The number of nitro benzene ring substituents is 2. The van der Waals surface area contributed by atoms with Crippen LogP contribution in [0.5, 0.6) is 0 Å². The van der Waals surface area contributed by atoms with Crippen molar-refractivity contribution in [2.24, 2.45) is 0 Å². The number of nitro groups is 2. The molecule has 0 aliphatic carbocycles. The number of carbonyl (C=O) groups is 2. The Morgan fingerprint density at radius 3 is 1.89 bits per heavy atom. The van der Waals surface area contributed by atoms with Gasteiger partial charge in [-0.3, -0.25) is 29.8 Å². The van der Waals surface area contributed by atoms with E-state index in [-0.39, 0.29) is 0 Å². The molecular weight excluding hydrogens is 291 g/mol. The molecule has 10 heteroatoms. The van der Waals surface area contributed by atoms with Gasteiger partial charge >= 0.3 is 11.4 Å². The fourth-order valence-corrected chi connectivity index (χ4v) is 1.47. The highest BCUT2D eigenvalue weighted by molar-refractivity contribution is 6.69. The van der Waals surface area contributed by atoms with Gasteiger partial charge in [-0.05, 0) is 29.3 Å². The summed E-state index contributed by atoms with van der Waals surface area (Å²) < 4.78 is 0. The minimum atomic E-state index is -1.30. The molecule has 0 aliphatic rings. The molecular formula is C8H2Cl2N2O6. The first kappa shape index (κ1) is 14.0. The Morgan fingerprint density at radius 2 is 1.56 bits per heavy atom. The summed E-state index contributed by atoms with van der Waals surface area (Å²) in [7, 11) is 0. The first-order valence-corrected chi connectivity index (χ1v) is 4.87. The van der Waals surface area contributed by atoms with Gasteiger partial charge in [-0.15, -0.1) is 0 Å². The summed E-state index contributed by atoms with van der Waals surface area (Å²) in [5.41, 5.74) is -3.31. The number of halogens is 2. The van der Waals surface area contributed by atoms with Crippen LogP contribution in [0.1, 0.15) is 20.7 Å². The van der Waals surface area contributed by atoms with Crippen LogP contribution in [0.15, 0.2) is 12.1 Å². The molecule has 1 aromatic carbocycles. The van der Waals surface area contributed by atoms with Crippen molar-refractivity contribution in [1.29, 1.82) is 0 Å². The molecule has 0 fully saturated rings. The molecule has 0 bridgehead atoms. The summed E-state index contributed by atoms with van der Waals surface area (Å²) in [6.07, 6.45) is 0. The van der Waals surface area contributed by atoms with Crippen LogP contribution < -0.4 is 0 Å². The summed E-state index contributed by atoms with van der Waals surface area (Å²) in [5, 5.41) is 19.0. The van der Waals surface area contributed by atoms with E-state index in [4.69, 9.17) is 23.2 Å². The van der Waals surface area contributed by atoms with E-state index in [2.05, 4.69) is 0 Å². The highest BCUT2D eigenvalue weighted by atomic mass is 35.5. The smallest absolute Gasteiger partial charge is 0.276 e. The zero-order valence-corrected chi connectivity index (χ0v) is 9.77. The molecule has 18 heavy (non-hydrogen) atoms. The molecule has 0 N–H and O–H groups in total. The van der Waals surface area contributed by atoms with E-state index in [1.165, 1.54) is 0 Å². The molecule has 0 heterocycles. The van der Waals surface area contributed by atoms with Crippen molar-refractivity contribution >= 4 is 45.1 Å². The Labute approximate surface area is 108 Å². The maximum atomic E-state index is 11.0. The molecule has 0 atom stereocenters. The van der Waals surface area contributed by atoms with Crippen LogP contribution in [0.4, 0.5) is 11.4 Å². The fourth-order valence-electron chi connectivity index (χ4n) is 1.21. The number of hydrogen-bond donors (Lipinski definition) is 0. The zero-order chi connectivity index (χ0) is 14.0. The molecule has 0 spiro atoms. The van der Waals surface area contributed by atoms with Gasteiger partial charge in [-0.2, -0.15) is 0 Å². The van der Waals surface area contributed by atoms with Crippen molar-refractivity contribution in [3.8, 4) is 0 Å². The molecule has 8 nitrogen and oxygen atoms in total. The number of benzene rings is 1. The summed E-state index contributed by atoms with van der Waals surface area (Å²) in [5.74, 6) is 0. The van der Waals surface area contributed by atoms with Gasteiger partial charge in [-0.1, -0.05) is 0 Å². The van der Waals surface area contributed by atoms with Gasteiger partial charge in [0.1, 0.15) is 5.56 Å². The second-order valence-electron chi connectivity index (χ2n) is 2.95. The maximum Gasteiger partial charge on any atom is 0.358 e. The van der Waals surface area contributed by atoms with Crippen LogP contribution in [0.25, 0.3) is 0 Å². The molecule has 0 aromatic heterocycles. The van der Waals surface area contributed by atoms with Gasteiger partial charge < -0.3 is 0 Å². The predicted molar refractivity (Wildman–Crippen MR) is 60.1 cm³/mol. The normalized spacial score (nSPS) is 9.89. The topological polar surface area (TPSA) is 120 Å². The Balaban J connectivity index is 3.76. The van der Waals surface area contributed by atoms with E-state index in [1.807, 2.05) is 0 Å². The summed E-state index contributed by atoms with van der Waals surface area (Å²) in [4.78, 5) is 41.0. The number of carbonyl (C=O) groups excluding carboxylic acids is 2. The molecule has 1 aromatic rings. The minimum Gasteiger partial charge on any atom is -0.276 e. The van der Waals surface area contributed by atoms with E-state index < -0.39 is 42.8 Å². The third-order valence-electron chi connectivity index (χ3n) is 1.91. The third kappa shape index (κ3) is 2.60. The van der Waals surface area contributed by atoms with Crippen molar-refractivity contribution < 1.29 is 19.4 Å². The molecule has 0 saturated carbocycles. The van der Waals surface area contributed by atoms with Gasteiger partial charge in [0.25, 0.3) is 10.5 Å². The van der Waals surface area contributed by atoms with Gasteiger partial charge in [0.2, 0.25) is 0 Å². The van der Waals surface area contributed by atoms with Crippen molar-refractivity contribution in [1.82, 2.24) is 0 Å². The van der Waals surface area contributed by atoms with E-state index in [1.54, 1.807) is 0 Å². The van der Waals surface area contributed by atoms with E-state index >= 15 is 0 Å². The summed E-state index contributed by atoms with van der Waals surface area (Å²) in [6.45, 7) is 0. The molecule has 94 valence electrons. The zero-order valence-electron chi connectivity index (χ0n) is 8.25. The maximum absolute atomic E-state index is 11.0. The van der Waals surface area contributed by atoms with E-state index in [0.29, 0.717) is 6.07 Å². The second kappa shape index (κ2) is 5.07. The first-order chi connectivity index (χ1) is 8.25. The standard InChI is InChI=1S/C8H2Cl2N2O6/c9-7(13)3-1-4(8(10)14)6(12(17)18)5(2-3)11(15)16/h1-2H. The van der Waals surface area contributed by atoms with Gasteiger partial charge in [-0.25, -0.2) is 0 Å². The number of hydrogen-bond acceptors (Lipinski definition) is 6. The summed E-state index contributed by atoms with van der Waals surface area (Å²) in [6, 6.07) is 1.34. The van der Waals surface area contributed by atoms with Crippen molar-refractivity contribution in [3.05, 3.63) is 43.5 Å². The average molecular weight is 293 g/mol. The predicted octanol–water partition coefficient (Wildman–Crippen LogP) is 2.26. The molecule has 1 rings (SSSR count). The molecule has 0 aliphatic heterocycles. The molecule has 0 unspecified atom stereocenters. The van der Waals surface area contributed by atoms with Crippen molar-refractivity contribution in [2.45, 2.75) is 0 Å². The third-order valence-corrected chi connectivity index (χ3v) is 2.33. The van der Waals surface area contributed by atoms with Crippen LogP contribution in [0.2, 0.25) is 0 Å². The van der Waals surface area contributed by atoms with Gasteiger partial charge in [0.05, 0.1) is 9.85 Å². The Bertz CT molecular complexity index is 550. The average Bonchev–Trinajstić information content (AvgIpc) is 2.26. The minimum absolute atomic E-state index is 0.432. The Hall–Kier alpha value is -2.06. The highest BCUT2D eigenvalue weighted by Crippen LogP contribution is 2.33. The van der Waals surface area contributed by atoms with Crippen molar-refractivity contribution in [2.75, 3.05) is 0 Å². The van der Waals surface area contributed by atoms with Gasteiger partial charge in [0, 0.05) is 11.6 Å². The van der Waals surface area contributed by atoms with Crippen LogP contribution in [0.3, 0.4) is 0 Å². The van der Waals surface area contributed by atoms with Gasteiger partial charge in [0.15, 0.2) is 0 Å². The number of nitrogens with zero attached hydrogens (tertiary/aromatic N) is 2. The second-order valence-corrected chi connectivity index (χ2v) is 3.64. The molecule has 0 amide bonds. The molecule has 0 saturated heterocycles. The SMILES string of the molecule is O=C(Cl)c1cc(C(=O)Cl)c([N+](=O)[O-])c([N+](=O)[O-])c1. The van der Waals surface area contributed by atoms with Crippen LogP contribution in [-0.2, 0) is 0 Å². The summed E-state index contributed by atoms with van der Waals surface area (Å²) >= 11 is 10.2. The Morgan fingerprint density at radius 1 is 1.00 bits per heavy atom. The van der Waals surface area contributed by atoms with Crippen LogP contribution >= 0.6 is 23.2 Å². The lowest BCUT2D eigenvalue weighted by atomic mass is 10.1. The van der Waals surface area contributed by atoms with Crippen LogP contribution in [-0.4, -0.2) is 20.3 Å². The lowest BCUT2D eigenvalue weighted by Gasteiger charge is -2.01. The number of rotatable bonds is 4.